The van der Waals surface area contributed by atoms with Gasteiger partial charge in [-0.2, -0.15) is 0 Å². The SMILES string of the molecule is BrCCCCCCC1(CCCCCCBr)c2ccccc2-c2ccc(-c3ccc4c(c3)C(CCCCCCBr)(CCCCCCBr)c3cc(Br)ccc3-4)cc21. The van der Waals surface area contributed by atoms with Crippen LogP contribution in [0.2, 0.25) is 0 Å². The Morgan fingerprint density at radius 1 is 0.327 bits per heavy atom. The molecule has 55 heavy (non-hydrogen) atoms. The Bertz CT molecular complexity index is 1780. The van der Waals surface area contributed by atoms with Gasteiger partial charge in [0.15, 0.2) is 0 Å². The summed E-state index contributed by atoms with van der Waals surface area (Å²) in [5.41, 5.74) is 15.1. The first-order chi connectivity index (χ1) is 27.0. The number of hydrogen-bond acceptors (Lipinski definition) is 0. The van der Waals surface area contributed by atoms with Crippen LogP contribution in [0.5, 0.6) is 0 Å². The zero-order valence-electron chi connectivity index (χ0n) is 32.9. The summed E-state index contributed by atoms with van der Waals surface area (Å²) in [7, 11) is 0. The van der Waals surface area contributed by atoms with E-state index in [1.807, 2.05) is 0 Å². The lowest BCUT2D eigenvalue weighted by molar-refractivity contribution is 0.401. The lowest BCUT2D eigenvalue weighted by atomic mass is 9.69. The first kappa shape index (κ1) is 43.8. The summed E-state index contributed by atoms with van der Waals surface area (Å²) in [6.07, 6.45) is 25.5. The average molecular weight is 1060 g/mol. The zero-order valence-corrected chi connectivity index (χ0v) is 40.8. The average Bonchev–Trinajstić information content (AvgIpc) is 3.63. The van der Waals surface area contributed by atoms with Crippen molar-refractivity contribution >= 4 is 79.6 Å². The van der Waals surface area contributed by atoms with Crippen LogP contribution in [0.3, 0.4) is 0 Å². The molecule has 0 heterocycles. The summed E-state index contributed by atoms with van der Waals surface area (Å²) in [5.74, 6) is 0. The molecule has 0 fully saturated rings. The minimum absolute atomic E-state index is 0.0498. The van der Waals surface area contributed by atoms with Crippen molar-refractivity contribution in [1.29, 1.82) is 0 Å². The molecule has 0 amide bonds. The molecule has 4 aromatic rings. The minimum Gasteiger partial charge on any atom is -0.0928 e. The lowest BCUT2D eigenvalue weighted by Gasteiger charge is -2.34. The fraction of sp³-hybridized carbons (Fsp3) is 0.520. The normalized spacial score (nSPS) is 14.5. The van der Waals surface area contributed by atoms with E-state index in [1.54, 1.807) is 22.3 Å². The highest BCUT2D eigenvalue weighted by atomic mass is 79.9. The number of halogens is 5. The Morgan fingerprint density at radius 2 is 0.673 bits per heavy atom. The van der Waals surface area contributed by atoms with Gasteiger partial charge in [-0.15, -0.1) is 0 Å². The molecule has 0 aliphatic heterocycles. The van der Waals surface area contributed by atoms with Gasteiger partial charge in [-0.25, -0.2) is 0 Å². The topological polar surface area (TPSA) is 0 Å². The van der Waals surface area contributed by atoms with E-state index in [-0.39, 0.29) is 10.8 Å². The summed E-state index contributed by atoms with van der Waals surface area (Å²) in [4.78, 5) is 0. The van der Waals surface area contributed by atoms with Gasteiger partial charge in [-0.1, -0.05) is 211 Å². The molecule has 296 valence electrons. The van der Waals surface area contributed by atoms with Crippen molar-refractivity contribution in [3.8, 4) is 33.4 Å². The van der Waals surface area contributed by atoms with Gasteiger partial charge < -0.3 is 0 Å². The number of unbranched alkanes of at least 4 members (excludes halogenated alkanes) is 12. The molecule has 0 aromatic heterocycles. The predicted octanol–water partition coefficient (Wildman–Crippen LogP) is 18.0. The first-order valence-corrected chi connectivity index (χ1v) is 26.7. The van der Waals surface area contributed by atoms with Crippen molar-refractivity contribution < 1.29 is 0 Å². The van der Waals surface area contributed by atoms with Crippen LogP contribution >= 0.6 is 79.6 Å². The van der Waals surface area contributed by atoms with Crippen LogP contribution in [0.4, 0.5) is 0 Å². The number of benzene rings is 4. The van der Waals surface area contributed by atoms with Gasteiger partial charge in [0.2, 0.25) is 0 Å². The van der Waals surface area contributed by atoms with Crippen LogP contribution in [0.1, 0.15) is 151 Å². The molecule has 0 bridgehead atoms. The van der Waals surface area contributed by atoms with Crippen LogP contribution in [0.25, 0.3) is 33.4 Å². The summed E-state index contributed by atoms with van der Waals surface area (Å²) < 4.78 is 1.20. The maximum atomic E-state index is 3.91. The van der Waals surface area contributed by atoms with E-state index in [9.17, 15) is 0 Å². The fourth-order valence-corrected chi connectivity index (χ4v) is 12.1. The Balaban J connectivity index is 1.41. The van der Waals surface area contributed by atoms with E-state index in [2.05, 4.69) is 159 Å². The number of hydrogen-bond donors (Lipinski definition) is 0. The second-order valence-corrected chi connectivity index (χ2v) is 20.4. The highest BCUT2D eigenvalue weighted by molar-refractivity contribution is 9.10. The van der Waals surface area contributed by atoms with Crippen molar-refractivity contribution in [3.05, 3.63) is 106 Å². The Hall–Kier alpha value is -0.720. The molecule has 0 radical (unpaired) electrons. The molecule has 6 rings (SSSR count). The van der Waals surface area contributed by atoms with Crippen molar-refractivity contribution in [3.63, 3.8) is 0 Å². The Kier molecular flexibility index (Phi) is 17.6. The van der Waals surface area contributed by atoms with Gasteiger partial charge in [-0.3, -0.25) is 0 Å². The predicted molar refractivity (Wildman–Crippen MR) is 260 cm³/mol. The molecule has 0 saturated heterocycles. The Labute approximate surface area is 375 Å². The number of alkyl halides is 4. The molecule has 0 saturated carbocycles. The number of rotatable bonds is 25. The largest absolute Gasteiger partial charge is 0.0928 e. The molecule has 0 atom stereocenters. The maximum absolute atomic E-state index is 3.91. The third-order valence-corrected chi connectivity index (χ3v) is 15.6. The summed E-state index contributed by atoms with van der Waals surface area (Å²) in [6, 6.07) is 31.7. The summed E-state index contributed by atoms with van der Waals surface area (Å²) in [5, 5.41) is 4.43. The summed E-state index contributed by atoms with van der Waals surface area (Å²) in [6.45, 7) is 0. The van der Waals surface area contributed by atoms with Gasteiger partial charge in [0.05, 0.1) is 0 Å². The molecule has 2 aliphatic rings. The molecule has 2 aliphatic carbocycles. The van der Waals surface area contributed by atoms with Crippen molar-refractivity contribution in [1.82, 2.24) is 0 Å². The molecule has 0 unspecified atom stereocenters. The molecule has 0 nitrogen and oxygen atoms in total. The second kappa shape index (κ2) is 22.0. The smallest absolute Gasteiger partial charge is 0.0215 e. The summed E-state index contributed by atoms with van der Waals surface area (Å²) >= 11 is 18.6. The maximum Gasteiger partial charge on any atom is 0.0215 e. The third kappa shape index (κ3) is 10.2. The van der Waals surface area contributed by atoms with Crippen molar-refractivity contribution in [2.75, 3.05) is 21.3 Å². The molecular weight excluding hydrogens is 1000 g/mol. The first-order valence-electron chi connectivity index (χ1n) is 21.5. The lowest BCUT2D eigenvalue weighted by Crippen LogP contribution is -2.26. The van der Waals surface area contributed by atoms with Gasteiger partial charge >= 0.3 is 0 Å². The van der Waals surface area contributed by atoms with Crippen LogP contribution in [-0.2, 0) is 10.8 Å². The van der Waals surface area contributed by atoms with Gasteiger partial charge in [0.25, 0.3) is 0 Å². The highest BCUT2D eigenvalue weighted by Gasteiger charge is 2.44. The molecule has 5 heteroatoms. The highest BCUT2D eigenvalue weighted by Crippen LogP contribution is 2.57. The Morgan fingerprint density at radius 3 is 1.11 bits per heavy atom. The van der Waals surface area contributed by atoms with Gasteiger partial charge in [-0.05, 0) is 131 Å². The van der Waals surface area contributed by atoms with Gasteiger partial charge in [0.1, 0.15) is 0 Å². The molecular formula is C50H61Br5. The number of fused-ring (bicyclic) bond motifs is 6. The van der Waals surface area contributed by atoms with E-state index in [0.717, 1.165) is 21.3 Å². The quantitative estimate of drug-likeness (QED) is 0.0458. The zero-order chi connectivity index (χ0) is 38.5. The second-order valence-electron chi connectivity index (χ2n) is 16.3. The van der Waals surface area contributed by atoms with E-state index in [4.69, 9.17) is 0 Å². The van der Waals surface area contributed by atoms with Crippen LogP contribution in [-0.4, -0.2) is 21.3 Å². The standard InChI is InChI=1S/C50H61Br5/c51-31-15-5-1-11-27-49(28-12-2-6-16-32-52)45-20-10-9-19-41(45)42-24-21-38(35-46(42)49)39-22-25-43-44-26-23-40(55)37-48(44)50(47(43)36-39,29-13-3-7-17-33-53)30-14-4-8-18-34-54/h9-10,19-26,35-37H,1-8,11-18,27-34H2. The monoisotopic (exact) mass is 1060 g/mol. The van der Waals surface area contributed by atoms with Crippen LogP contribution in [0.15, 0.2) is 83.3 Å². The van der Waals surface area contributed by atoms with E-state index in [1.165, 1.54) is 166 Å². The molecule has 0 spiro atoms. The van der Waals surface area contributed by atoms with E-state index >= 15 is 0 Å². The van der Waals surface area contributed by atoms with E-state index in [0.29, 0.717) is 0 Å². The van der Waals surface area contributed by atoms with Crippen LogP contribution < -0.4 is 0 Å². The minimum atomic E-state index is 0.0498. The van der Waals surface area contributed by atoms with Crippen molar-refractivity contribution in [2.24, 2.45) is 0 Å². The van der Waals surface area contributed by atoms with Crippen LogP contribution in [0, 0.1) is 0 Å². The van der Waals surface area contributed by atoms with Gasteiger partial charge in [0, 0.05) is 36.6 Å². The van der Waals surface area contributed by atoms with E-state index < -0.39 is 0 Å². The fourth-order valence-electron chi connectivity index (χ4n) is 10.1. The third-order valence-electron chi connectivity index (χ3n) is 12.9. The molecule has 0 N–H and O–H groups in total. The van der Waals surface area contributed by atoms with Crippen molar-refractivity contribution in [2.45, 2.75) is 139 Å². The molecule has 4 aromatic carbocycles.